The monoisotopic (exact) mass is 328 g/mol. The number of ether oxygens (including phenoxy) is 2. The Hall–Kier alpha value is -2.57. The Morgan fingerprint density at radius 3 is 2.38 bits per heavy atom. The highest BCUT2D eigenvalue weighted by molar-refractivity contribution is 6.05. The second-order valence-electron chi connectivity index (χ2n) is 5.59. The molecule has 0 saturated carbocycles. The SMILES string of the molecule is COc1ccc(N2C(=O)[C@H](Oc3ccccc3)[C@@H]2[C@@H](N)CO)cc1. The average Bonchev–Trinajstić information content (AvgIpc) is 2.64. The van der Waals surface area contributed by atoms with E-state index in [1.165, 1.54) is 0 Å². The number of hydrogen-bond donors (Lipinski definition) is 2. The molecule has 1 heterocycles. The number of para-hydroxylation sites is 1. The first kappa shape index (κ1) is 16.3. The molecule has 3 N–H and O–H groups in total. The van der Waals surface area contributed by atoms with Gasteiger partial charge in [0.25, 0.3) is 5.91 Å². The maximum Gasteiger partial charge on any atom is 0.270 e. The van der Waals surface area contributed by atoms with Crippen molar-refractivity contribution in [2.24, 2.45) is 5.73 Å². The minimum Gasteiger partial charge on any atom is -0.497 e. The van der Waals surface area contributed by atoms with Gasteiger partial charge in [-0.25, -0.2) is 0 Å². The number of aliphatic hydroxyl groups is 1. The Balaban J connectivity index is 1.83. The number of nitrogens with zero attached hydrogens (tertiary/aromatic N) is 1. The number of hydrogen-bond acceptors (Lipinski definition) is 5. The predicted molar refractivity (Wildman–Crippen MR) is 90.2 cm³/mol. The Morgan fingerprint density at radius 1 is 1.12 bits per heavy atom. The van der Waals surface area contributed by atoms with Gasteiger partial charge in [-0.15, -0.1) is 0 Å². The molecule has 0 spiro atoms. The van der Waals surface area contributed by atoms with E-state index in [2.05, 4.69) is 0 Å². The maximum absolute atomic E-state index is 12.6. The van der Waals surface area contributed by atoms with Gasteiger partial charge in [-0.2, -0.15) is 0 Å². The van der Waals surface area contributed by atoms with E-state index in [-0.39, 0.29) is 12.5 Å². The normalized spacial score (nSPS) is 21.1. The number of carbonyl (C=O) groups is 1. The predicted octanol–water partition coefficient (Wildman–Crippen LogP) is 1.18. The van der Waals surface area contributed by atoms with E-state index in [1.54, 1.807) is 48.4 Å². The number of benzene rings is 2. The summed E-state index contributed by atoms with van der Waals surface area (Å²) in [6.07, 6.45) is -0.711. The minimum atomic E-state index is -0.711. The number of methoxy groups -OCH3 is 1. The van der Waals surface area contributed by atoms with Gasteiger partial charge >= 0.3 is 0 Å². The fraction of sp³-hybridized carbons (Fsp3) is 0.278. The van der Waals surface area contributed by atoms with Crippen LogP contribution in [0.2, 0.25) is 0 Å². The van der Waals surface area contributed by atoms with Gasteiger partial charge in [-0.05, 0) is 36.4 Å². The van der Waals surface area contributed by atoms with Gasteiger partial charge in [-0.1, -0.05) is 18.2 Å². The largest absolute Gasteiger partial charge is 0.497 e. The number of nitrogens with two attached hydrogens (primary N) is 1. The topological polar surface area (TPSA) is 85.0 Å². The molecule has 2 aromatic rings. The Morgan fingerprint density at radius 2 is 1.79 bits per heavy atom. The second-order valence-corrected chi connectivity index (χ2v) is 5.59. The molecule has 6 nitrogen and oxygen atoms in total. The van der Waals surface area contributed by atoms with Crippen molar-refractivity contribution in [3.63, 3.8) is 0 Å². The van der Waals surface area contributed by atoms with Gasteiger partial charge in [0.05, 0.1) is 19.8 Å². The molecule has 3 atom stereocenters. The van der Waals surface area contributed by atoms with Gasteiger partial charge in [-0.3, -0.25) is 4.79 Å². The van der Waals surface area contributed by atoms with Crippen LogP contribution in [0.5, 0.6) is 11.5 Å². The smallest absolute Gasteiger partial charge is 0.270 e. The molecule has 0 aromatic heterocycles. The standard InChI is InChI=1S/C18H20N2O4/c1-23-13-9-7-12(8-10-13)20-16(15(19)11-21)17(18(20)22)24-14-5-3-2-4-6-14/h2-10,15-17,21H,11,19H2,1H3/t15-,16-,17+/m0/s1. The van der Waals surface area contributed by atoms with E-state index in [9.17, 15) is 9.90 Å². The first-order valence-corrected chi connectivity index (χ1v) is 7.71. The minimum absolute atomic E-state index is 0.182. The highest BCUT2D eigenvalue weighted by Crippen LogP contribution is 2.33. The van der Waals surface area contributed by atoms with Crippen molar-refractivity contribution >= 4 is 11.6 Å². The lowest BCUT2D eigenvalue weighted by molar-refractivity contribution is -0.135. The molecular formula is C18H20N2O4. The molecular weight excluding hydrogens is 308 g/mol. The van der Waals surface area contributed by atoms with Crippen LogP contribution in [0.1, 0.15) is 0 Å². The third-order valence-electron chi connectivity index (χ3n) is 4.10. The molecule has 0 bridgehead atoms. The van der Waals surface area contributed by atoms with Crippen LogP contribution in [-0.2, 0) is 4.79 Å². The van der Waals surface area contributed by atoms with Gasteiger partial charge in [0.1, 0.15) is 17.5 Å². The number of carbonyl (C=O) groups excluding carboxylic acids is 1. The zero-order chi connectivity index (χ0) is 17.1. The van der Waals surface area contributed by atoms with E-state index in [1.807, 2.05) is 18.2 Å². The van der Waals surface area contributed by atoms with Crippen molar-refractivity contribution in [2.75, 3.05) is 18.6 Å². The molecule has 0 radical (unpaired) electrons. The molecule has 0 aliphatic carbocycles. The molecule has 0 unspecified atom stereocenters. The number of anilines is 1. The van der Waals surface area contributed by atoms with Crippen LogP contribution in [0, 0.1) is 0 Å². The summed E-state index contributed by atoms with van der Waals surface area (Å²) in [5.74, 6) is 1.12. The van der Waals surface area contributed by atoms with Crippen LogP contribution >= 0.6 is 0 Å². The number of β-lactam (4-membered cyclic amide) rings is 1. The van der Waals surface area contributed by atoms with E-state index in [0.29, 0.717) is 17.2 Å². The van der Waals surface area contributed by atoms with Crippen LogP contribution < -0.4 is 20.1 Å². The van der Waals surface area contributed by atoms with E-state index < -0.39 is 18.2 Å². The highest BCUT2D eigenvalue weighted by Gasteiger charge is 2.52. The van der Waals surface area contributed by atoms with Crippen LogP contribution in [0.4, 0.5) is 5.69 Å². The third kappa shape index (κ3) is 2.93. The number of amides is 1. The zero-order valence-corrected chi connectivity index (χ0v) is 13.3. The number of rotatable bonds is 6. The molecule has 1 amide bonds. The van der Waals surface area contributed by atoms with Crippen molar-refractivity contribution in [3.05, 3.63) is 54.6 Å². The van der Waals surface area contributed by atoms with Crippen LogP contribution in [-0.4, -0.2) is 42.9 Å². The molecule has 1 fully saturated rings. The third-order valence-corrected chi connectivity index (χ3v) is 4.10. The summed E-state index contributed by atoms with van der Waals surface area (Å²) in [6.45, 7) is -0.237. The molecule has 6 heteroatoms. The van der Waals surface area contributed by atoms with E-state index >= 15 is 0 Å². The lowest BCUT2D eigenvalue weighted by Gasteiger charge is -2.48. The molecule has 126 valence electrons. The molecule has 1 aliphatic heterocycles. The second kappa shape index (κ2) is 6.90. The molecule has 2 aromatic carbocycles. The van der Waals surface area contributed by atoms with Gasteiger partial charge in [0.15, 0.2) is 6.10 Å². The summed E-state index contributed by atoms with van der Waals surface area (Å²) >= 11 is 0. The van der Waals surface area contributed by atoms with Crippen molar-refractivity contribution in [1.82, 2.24) is 0 Å². The van der Waals surface area contributed by atoms with Crippen molar-refractivity contribution < 1.29 is 19.4 Å². The first-order chi connectivity index (χ1) is 11.7. The van der Waals surface area contributed by atoms with Crippen molar-refractivity contribution in [3.8, 4) is 11.5 Å². The average molecular weight is 328 g/mol. The summed E-state index contributed by atoms with van der Waals surface area (Å²) in [6, 6.07) is 15.2. The lowest BCUT2D eigenvalue weighted by atomic mass is 9.90. The van der Waals surface area contributed by atoms with E-state index in [0.717, 1.165) is 0 Å². The molecule has 24 heavy (non-hydrogen) atoms. The fourth-order valence-electron chi connectivity index (χ4n) is 2.82. The molecule has 3 rings (SSSR count). The Labute approximate surface area is 140 Å². The summed E-state index contributed by atoms with van der Waals surface area (Å²) in [4.78, 5) is 14.1. The quantitative estimate of drug-likeness (QED) is 0.778. The Bertz CT molecular complexity index is 690. The highest BCUT2D eigenvalue weighted by atomic mass is 16.5. The number of aliphatic hydroxyl groups excluding tert-OH is 1. The van der Waals surface area contributed by atoms with Gasteiger partial charge < -0.3 is 25.2 Å². The Kier molecular flexibility index (Phi) is 4.69. The summed E-state index contributed by atoms with van der Waals surface area (Å²) in [5.41, 5.74) is 6.72. The van der Waals surface area contributed by atoms with Crippen molar-refractivity contribution in [2.45, 2.75) is 18.2 Å². The van der Waals surface area contributed by atoms with Crippen LogP contribution in [0.15, 0.2) is 54.6 Å². The fourth-order valence-corrected chi connectivity index (χ4v) is 2.82. The van der Waals surface area contributed by atoms with Crippen molar-refractivity contribution in [1.29, 1.82) is 0 Å². The summed E-state index contributed by atoms with van der Waals surface area (Å²) < 4.78 is 10.9. The lowest BCUT2D eigenvalue weighted by Crippen LogP contribution is -2.73. The maximum atomic E-state index is 12.6. The zero-order valence-electron chi connectivity index (χ0n) is 13.3. The van der Waals surface area contributed by atoms with Gasteiger partial charge in [0, 0.05) is 5.69 Å². The van der Waals surface area contributed by atoms with Gasteiger partial charge in [0.2, 0.25) is 0 Å². The van der Waals surface area contributed by atoms with Crippen LogP contribution in [0.25, 0.3) is 0 Å². The van der Waals surface area contributed by atoms with Crippen LogP contribution in [0.3, 0.4) is 0 Å². The van der Waals surface area contributed by atoms with E-state index in [4.69, 9.17) is 15.2 Å². The molecule has 1 saturated heterocycles. The summed E-state index contributed by atoms with van der Waals surface area (Å²) in [7, 11) is 1.58. The first-order valence-electron chi connectivity index (χ1n) is 7.71. The molecule has 1 aliphatic rings. The summed E-state index contributed by atoms with van der Waals surface area (Å²) in [5, 5.41) is 9.45.